The molecule has 0 fully saturated rings. The molecule has 0 aromatic heterocycles. The first-order valence-electron chi connectivity index (χ1n) is 4.59. The Kier molecular flexibility index (Phi) is 4.02. The van der Waals surface area contributed by atoms with Crippen molar-refractivity contribution in [3.63, 3.8) is 0 Å². The van der Waals surface area contributed by atoms with E-state index in [4.69, 9.17) is 5.26 Å². The Morgan fingerprint density at radius 1 is 1.62 bits per heavy atom. The Hall–Kier alpha value is -1.41. The Morgan fingerprint density at radius 3 is 2.75 bits per heavy atom. The van der Waals surface area contributed by atoms with Crippen molar-refractivity contribution in [1.82, 2.24) is 4.90 Å². The first kappa shape index (κ1) is 12.7. The smallest absolute Gasteiger partial charge is 0.254 e. The summed E-state index contributed by atoms with van der Waals surface area (Å²) >= 11 is 3.01. The molecule has 3 nitrogen and oxygen atoms in total. The highest BCUT2D eigenvalue weighted by Crippen LogP contribution is 2.17. The van der Waals surface area contributed by atoms with Crippen molar-refractivity contribution in [2.75, 3.05) is 7.05 Å². The zero-order chi connectivity index (χ0) is 12.3. The van der Waals surface area contributed by atoms with Gasteiger partial charge in [0.2, 0.25) is 0 Å². The fourth-order valence-electron chi connectivity index (χ4n) is 1.10. The van der Waals surface area contributed by atoms with Crippen molar-refractivity contribution in [2.45, 2.75) is 13.0 Å². The standard InChI is InChI=1S/C11H10BrFN2O/c1-7(6-14)15(2)11(16)8-3-4-9(12)10(13)5-8/h3-5,7H,1-2H3. The third-order valence-corrected chi connectivity index (χ3v) is 2.90. The van der Waals surface area contributed by atoms with Gasteiger partial charge in [-0.2, -0.15) is 5.26 Å². The number of carbonyl (C=O) groups is 1. The molecule has 0 heterocycles. The van der Waals surface area contributed by atoms with Crippen LogP contribution in [0.2, 0.25) is 0 Å². The largest absolute Gasteiger partial charge is 0.326 e. The van der Waals surface area contributed by atoms with E-state index in [2.05, 4.69) is 15.9 Å². The molecule has 1 amide bonds. The summed E-state index contributed by atoms with van der Waals surface area (Å²) in [4.78, 5) is 13.1. The lowest BCUT2D eigenvalue weighted by Gasteiger charge is -2.19. The summed E-state index contributed by atoms with van der Waals surface area (Å²) in [5.74, 6) is -0.871. The van der Waals surface area contributed by atoms with Gasteiger partial charge in [-0.15, -0.1) is 0 Å². The molecule has 0 bridgehead atoms. The monoisotopic (exact) mass is 284 g/mol. The van der Waals surface area contributed by atoms with Crippen molar-refractivity contribution in [1.29, 1.82) is 5.26 Å². The highest BCUT2D eigenvalue weighted by molar-refractivity contribution is 9.10. The third kappa shape index (κ3) is 2.58. The number of rotatable bonds is 2. The maximum absolute atomic E-state index is 13.2. The molecule has 0 spiro atoms. The molecule has 0 aliphatic rings. The highest BCUT2D eigenvalue weighted by Gasteiger charge is 2.17. The van der Waals surface area contributed by atoms with Crippen LogP contribution in [0.25, 0.3) is 0 Å². The summed E-state index contributed by atoms with van der Waals surface area (Å²) in [6.07, 6.45) is 0. The van der Waals surface area contributed by atoms with Crippen molar-refractivity contribution < 1.29 is 9.18 Å². The van der Waals surface area contributed by atoms with Gasteiger partial charge in [0.05, 0.1) is 10.5 Å². The van der Waals surface area contributed by atoms with Crippen LogP contribution in [-0.4, -0.2) is 23.9 Å². The lowest BCUT2D eigenvalue weighted by molar-refractivity contribution is 0.0772. The van der Waals surface area contributed by atoms with Gasteiger partial charge in [0.15, 0.2) is 0 Å². The molecule has 16 heavy (non-hydrogen) atoms. The first-order chi connectivity index (χ1) is 7.47. The molecule has 0 saturated carbocycles. The second kappa shape index (κ2) is 5.08. The van der Waals surface area contributed by atoms with Gasteiger partial charge in [-0.05, 0) is 41.1 Å². The van der Waals surface area contributed by atoms with Gasteiger partial charge in [0.1, 0.15) is 11.9 Å². The fraction of sp³-hybridized carbons (Fsp3) is 0.273. The Morgan fingerprint density at radius 2 is 2.25 bits per heavy atom. The van der Waals surface area contributed by atoms with Crippen molar-refractivity contribution in [3.8, 4) is 6.07 Å². The summed E-state index contributed by atoms with van der Waals surface area (Å²) in [6.45, 7) is 1.60. The molecule has 1 atom stereocenters. The van der Waals surface area contributed by atoms with Gasteiger partial charge in [0.25, 0.3) is 5.91 Å². The van der Waals surface area contributed by atoms with Crippen LogP contribution in [-0.2, 0) is 0 Å². The Bertz CT molecular complexity index is 456. The van der Waals surface area contributed by atoms with Crippen LogP contribution in [0, 0.1) is 17.1 Å². The van der Waals surface area contributed by atoms with Gasteiger partial charge in [0, 0.05) is 12.6 Å². The topological polar surface area (TPSA) is 44.1 Å². The van der Waals surface area contributed by atoms with E-state index in [0.29, 0.717) is 4.47 Å². The van der Waals surface area contributed by atoms with E-state index in [1.54, 1.807) is 6.92 Å². The van der Waals surface area contributed by atoms with Crippen molar-refractivity contribution in [2.24, 2.45) is 0 Å². The predicted octanol–water partition coefficient (Wildman–Crippen LogP) is 2.57. The minimum absolute atomic E-state index is 0.227. The number of nitriles is 1. The van der Waals surface area contributed by atoms with E-state index in [1.165, 1.54) is 24.1 Å². The lowest BCUT2D eigenvalue weighted by Crippen LogP contribution is -2.34. The third-order valence-electron chi connectivity index (χ3n) is 2.25. The SMILES string of the molecule is CC(C#N)N(C)C(=O)c1ccc(Br)c(F)c1. The molecule has 0 aliphatic heterocycles. The van der Waals surface area contributed by atoms with Gasteiger partial charge in [-0.3, -0.25) is 4.79 Å². The molecule has 1 rings (SSSR count). The molecule has 0 aliphatic carbocycles. The van der Waals surface area contributed by atoms with Gasteiger partial charge in [-0.25, -0.2) is 4.39 Å². The molecule has 84 valence electrons. The van der Waals surface area contributed by atoms with Crippen LogP contribution in [0.1, 0.15) is 17.3 Å². The minimum Gasteiger partial charge on any atom is -0.326 e. The summed E-state index contributed by atoms with van der Waals surface area (Å²) in [5.41, 5.74) is 0.227. The van der Waals surface area contributed by atoms with E-state index < -0.39 is 11.9 Å². The normalized spacial score (nSPS) is 11.7. The van der Waals surface area contributed by atoms with Crippen LogP contribution < -0.4 is 0 Å². The van der Waals surface area contributed by atoms with Gasteiger partial charge >= 0.3 is 0 Å². The van der Waals surface area contributed by atoms with E-state index in [9.17, 15) is 9.18 Å². The number of halogens is 2. The molecule has 0 saturated heterocycles. The summed E-state index contributed by atoms with van der Waals surface area (Å²) in [7, 11) is 1.51. The molecule has 0 radical (unpaired) electrons. The number of nitrogens with zero attached hydrogens (tertiary/aromatic N) is 2. The summed E-state index contributed by atoms with van der Waals surface area (Å²) in [5, 5.41) is 8.67. The number of hydrogen-bond donors (Lipinski definition) is 0. The minimum atomic E-state index is -0.542. The number of benzene rings is 1. The first-order valence-corrected chi connectivity index (χ1v) is 5.38. The van der Waals surface area contributed by atoms with E-state index >= 15 is 0 Å². The molecule has 5 heteroatoms. The van der Waals surface area contributed by atoms with Crippen LogP contribution in [0.15, 0.2) is 22.7 Å². The van der Waals surface area contributed by atoms with Crippen LogP contribution >= 0.6 is 15.9 Å². The van der Waals surface area contributed by atoms with Crippen molar-refractivity contribution >= 4 is 21.8 Å². The maximum atomic E-state index is 13.2. The number of hydrogen-bond acceptors (Lipinski definition) is 2. The molecule has 1 aromatic rings. The quantitative estimate of drug-likeness (QED) is 0.838. The lowest BCUT2D eigenvalue weighted by atomic mass is 10.2. The Balaban J connectivity index is 2.98. The van der Waals surface area contributed by atoms with E-state index in [0.717, 1.165) is 6.07 Å². The highest BCUT2D eigenvalue weighted by atomic mass is 79.9. The Labute approximate surface area is 102 Å². The zero-order valence-corrected chi connectivity index (χ0v) is 10.5. The molecule has 1 unspecified atom stereocenters. The van der Waals surface area contributed by atoms with Crippen LogP contribution in [0.5, 0.6) is 0 Å². The van der Waals surface area contributed by atoms with Gasteiger partial charge in [-0.1, -0.05) is 0 Å². The summed E-state index contributed by atoms with van der Waals surface area (Å²) < 4.78 is 13.5. The number of amides is 1. The van der Waals surface area contributed by atoms with Crippen LogP contribution in [0.3, 0.4) is 0 Å². The molecular formula is C11H10BrFN2O. The molecule has 1 aromatic carbocycles. The van der Waals surface area contributed by atoms with E-state index in [-0.39, 0.29) is 11.5 Å². The predicted molar refractivity (Wildman–Crippen MR) is 61.3 cm³/mol. The van der Waals surface area contributed by atoms with E-state index in [1.807, 2.05) is 6.07 Å². The van der Waals surface area contributed by atoms with Gasteiger partial charge < -0.3 is 4.90 Å². The second-order valence-corrected chi connectivity index (χ2v) is 4.20. The summed E-state index contributed by atoms with van der Waals surface area (Å²) in [6, 6.07) is 5.52. The average molecular weight is 285 g/mol. The average Bonchev–Trinajstić information content (AvgIpc) is 2.29. The molecular weight excluding hydrogens is 275 g/mol. The van der Waals surface area contributed by atoms with Crippen molar-refractivity contribution in [3.05, 3.63) is 34.1 Å². The number of carbonyl (C=O) groups excluding carboxylic acids is 1. The zero-order valence-electron chi connectivity index (χ0n) is 8.87. The molecule has 0 N–H and O–H groups in total. The fourth-order valence-corrected chi connectivity index (χ4v) is 1.34. The maximum Gasteiger partial charge on any atom is 0.254 e. The second-order valence-electron chi connectivity index (χ2n) is 3.35. The van der Waals surface area contributed by atoms with Crippen LogP contribution in [0.4, 0.5) is 4.39 Å².